The molecule has 0 bridgehead atoms. The molecule has 0 aliphatic carbocycles. The summed E-state index contributed by atoms with van der Waals surface area (Å²) in [7, 11) is 0. The van der Waals surface area contributed by atoms with Gasteiger partial charge >= 0.3 is 0 Å². The molecule has 0 fully saturated rings. The zero-order chi connectivity index (χ0) is 14.4. The van der Waals surface area contributed by atoms with Crippen molar-refractivity contribution in [2.75, 3.05) is 6.61 Å². The third-order valence-electron chi connectivity index (χ3n) is 2.22. The maximum absolute atomic E-state index is 10.6. The monoisotopic (exact) mass is 283 g/mol. The summed E-state index contributed by atoms with van der Waals surface area (Å²) in [5.74, 6) is 0.196. The Morgan fingerprint density at radius 3 is 2.79 bits per heavy atom. The number of non-ortho nitro benzene ring substituents is 1. The van der Waals surface area contributed by atoms with Crippen LogP contribution in [-0.2, 0) is 0 Å². The highest BCUT2D eigenvalue weighted by Crippen LogP contribution is 2.28. The maximum Gasteiger partial charge on any atom is 0.273 e. The lowest BCUT2D eigenvalue weighted by atomic mass is 10.3. The first-order valence-corrected chi connectivity index (χ1v) is 6.04. The van der Waals surface area contributed by atoms with Gasteiger partial charge in [-0.1, -0.05) is 11.6 Å². The van der Waals surface area contributed by atoms with Crippen LogP contribution in [0.15, 0.2) is 18.2 Å². The molecule has 7 heteroatoms. The number of nitrogens with one attached hydrogen (secondary N) is 1. The van der Waals surface area contributed by atoms with E-state index in [0.717, 1.165) is 0 Å². The van der Waals surface area contributed by atoms with E-state index in [1.165, 1.54) is 18.2 Å². The average Bonchev–Trinajstić information content (AvgIpc) is 2.35. The van der Waals surface area contributed by atoms with E-state index in [1.54, 1.807) is 0 Å². The Kier molecular flexibility index (Phi) is 5.55. The van der Waals surface area contributed by atoms with Crippen LogP contribution in [0.1, 0.15) is 13.8 Å². The van der Waals surface area contributed by atoms with Crippen LogP contribution in [0, 0.1) is 21.4 Å². The van der Waals surface area contributed by atoms with Gasteiger partial charge in [0.05, 0.1) is 22.1 Å². The van der Waals surface area contributed by atoms with Gasteiger partial charge in [0.1, 0.15) is 18.4 Å². The Hall–Kier alpha value is -1.84. The topological polar surface area (TPSA) is 88.2 Å². The van der Waals surface area contributed by atoms with Crippen LogP contribution >= 0.6 is 11.6 Å². The van der Waals surface area contributed by atoms with Gasteiger partial charge in [-0.15, -0.1) is 0 Å². The van der Waals surface area contributed by atoms with Crippen molar-refractivity contribution in [2.24, 2.45) is 0 Å². The van der Waals surface area contributed by atoms with Gasteiger partial charge in [-0.2, -0.15) is 5.26 Å². The molecule has 0 aliphatic heterocycles. The molecule has 0 radical (unpaired) electrons. The number of hydrogen-bond acceptors (Lipinski definition) is 5. The predicted octanol–water partition coefficient (Wildman–Crippen LogP) is 2.52. The molecule has 1 atom stereocenters. The van der Waals surface area contributed by atoms with Gasteiger partial charge in [0.15, 0.2) is 0 Å². The molecule has 0 spiro atoms. The standard InChI is InChI=1S/C12H14ClN3O3/c1-8(2)15-9(6-14)7-19-12-5-10(16(17)18)3-4-11(12)13/h3-5,8-9,15H,7H2,1-2H3. The van der Waals surface area contributed by atoms with Crippen molar-refractivity contribution >= 4 is 17.3 Å². The number of nitro groups is 1. The van der Waals surface area contributed by atoms with Crippen LogP contribution in [0.25, 0.3) is 0 Å². The summed E-state index contributed by atoms with van der Waals surface area (Å²) < 4.78 is 5.36. The van der Waals surface area contributed by atoms with Crippen molar-refractivity contribution in [1.29, 1.82) is 5.26 Å². The molecule has 102 valence electrons. The van der Waals surface area contributed by atoms with Crippen LogP contribution in [0.2, 0.25) is 5.02 Å². The number of nitrogens with zero attached hydrogens (tertiary/aromatic N) is 2. The number of rotatable bonds is 6. The van der Waals surface area contributed by atoms with E-state index >= 15 is 0 Å². The molecule has 0 saturated heterocycles. The number of nitro benzene ring substituents is 1. The van der Waals surface area contributed by atoms with E-state index in [4.69, 9.17) is 21.6 Å². The van der Waals surface area contributed by atoms with E-state index in [-0.39, 0.29) is 29.1 Å². The summed E-state index contributed by atoms with van der Waals surface area (Å²) in [5.41, 5.74) is -0.107. The predicted molar refractivity (Wildman–Crippen MR) is 71.3 cm³/mol. The lowest BCUT2D eigenvalue weighted by molar-refractivity contribution is -0.384. The fourth-order valence-electron chi connectivity index (χ4n) is 1.41. The fraction of sp³-hybridized carbons (Fsp3) is 0.417. The molecular formula is C12H14ClN3O3. The summed E-state index contributed by atoms with van der Waals surface area (Å²) in [6.07, 6.45) is 0. The van der Waals surface area contributed by atoms with Gasteiger partial charge in [-0.05, 0) is 19.9 Å². The molecule has 0 aliphatic rings. The molecule has 0 amide bonds. The fourth-order valence-corrected chi connectivity index (χ4v) is 1.59. The third-order valence-corrected chi connectivity index (χ3v) is 2.53. The second-order valence-electron chi connectivity index (χ2n) is 4.19. The maximum atomic E-state index is 10.6. The van der Waals surface area contributed by atoms with Crippen molar-refractivity contribution in [1.82, 2.24) is 5.32 Å². The van der Waals surface area contributed by atoms with Gasteiger partial charge < -0.3 is 4.74 Å². The first-order valence-electron chi connectivity index (χ1n) is 5.66. The Balaban J connectivity index is 2.74. The lowest BCUT2D eigenvalue weighted by Crippen LogP contribution is -2.37. The molecule has 6 nitrogen and oxygen atoms in total. The Bertz CT molecular complexity index is 499. The van der Waals surface area contributed by atoms with E-state index in [1.807, 2.05) is 19.9 Å². The van der Waals surface area contributed by atoms with Gasteiger partial charge in [0.25, 0.3) is 5.69 Å². The summed E-state index contributed by atoms with van der Waals surface area (Å²) >= 11 is 5.88. The van der Waals surface area contributed by atoms with Crippen LogP contribution < -0.4 is 10.1 Å². The highest BCUT2D eigenvalue weighted by molar-refractivity contribution is 6.32. The highest BCUT2D eigenvalue weighted by Gasteiger charge is 2.14. The van der Waals surface area contributed by atoms with Crippen LogP contribution in [0.4, 0.5) is 5.69 Å². The van der Waals surface area contributed by atoms with Gasteiger partial charge in [-0.3, -0.25) is 15.4 Å². The van der Waals surface area contributed by atoms with Crippen LogP contribution in [0.5, 0.6) is 5.75 Å². The number of benzene rings is 1. The largest absolute Gasteiger partial charge is 0.489 e. The van der Waals surface area contributed by atoms with E-state index in [9.17, 15) is 10.1 Å². The molecular weight excluding hydrogens is 270 g/mol. The Labute approximate surface area is 116 Å². The minimum absolute atomic E-state index is 0.0650. The minimum Gasteiger partial charge on any atom is -0.489 e. The van der Waals surface area contributed by atoms with Crippen LogP contribution in [0.3, 0.4) is 0 Å². The SMILES string of the molecule is CC(C)NC(C#N)COc1cc([N+](=O)[O-])ccc1Cl. The van der Waals surface area contributed by atoms with Gasteiger partial charge in [0.2, 0.25) is 0 Å². The molecule has 0 heterocycles. The first-order chi connectivity index (χ1) is 8.93. The summed E-state index contributed by atoms with van der Waals surface area (Å²) in [6.45, 7) is 3.88. The summed E-state index contributed by atoms with van der Waals surface area (Å²) in [5, 5.41) is 22.8. The van der Waals surface area contributed by atoms with Crippen molar-refractivity contribution in [3.8, 4) is 11.8 Å². The quantitative estimate of drug-likeness (QED) is 0.640. The number of hydrogen-bond donors (Lipinski definition) is 1. The molecule has 1 aromatic carbocycles. The first kappa shape index (κ1) is 15.2. The van der Waals surface area contributed by atoms with Crippen LogP contribution in [-0.4, -0.2) is 23.6 Å². The van der Waals surface area contributed by atoms with Gasteiger partial charge in [0, 0.05) is 12.1 Å². The summed E-state index contributed by atoms with van der Waals surface area (Å²) in [4.78, 5) is 10.1. The molecule has 1 unspecified atom stereocenters. The highest BCUT2D eigenvalue weighted by atomic mass is 35.5. The molecule has 0 aromatic heterocycles. The zero-order valence-electron chi connectivity index (χ0n) is 10.6. The second-order valence-corrected chi connectivity index (χ2v) is 4.59. The lowest BCUT2D eigenvalue weighted by Gasteiger charge is -2.15. The summed E-state index contributed by atoms with van der Waals surface area (Å²) in [6, 6.07) is 5.61. The molecule has 1 rings (SSSR count). The number of nitriles is 1. The number of halogens is 1. The Morgan fingerprint density at radius 1 is 1.58 bits per heavy atom. The average molecular weight is 284 g/mol. The Morgan fingerprint density at radius 2 is 2.26 bits per heavy atom. The van der Waals surface area contributed by atoms with E-state index in [2.05, 4.69) is 5.32 Å². The second kappa shape index (κ2) is 6.92. The minimum atomic E-state index is -0.530. The van der Waals surface area contributed by atoms with Crippen molar-refractivity contribution < 1.29 is 9.66 Å². The van der Waals surface area contributed by atoms with Crippen molar-refractivity contribution in [2.45, 2.75) is 25.9 Å². The molecule has 0 saturated carbocycles. The van der Waals surface area contributed by atoms with Crippen molar-refractivity contribution in [3.05, 3.63) is 33.3 Å². The van der Waals surface area contributed by atoms with E-state index < -0.39 is 11.0 Å². The third kappa shape index (κ3) is 4.73. The normalized spacial score (nSPS) is 11.9. The molecule has 1 aromatic rings. The van der Waals surface area contributed by atoms with Crippen molar-refractivity contribution in [3.63, 3.8) is 0 Å². The molecule has 1 N–H and O–H groups in total. The van der Waals surface area contributed by atoms with E-state index in [0.29, 0.717) is 0 Å². The zero-order valence-corrected chi connectivity index (χ0v) is 11.3. The van der Waals surface area contributed by atoms with Gasteiger partial charge in [-0.25, -0.2) is 0 Å². The smallest absolute Gasteiger partial charge is 0.273 e. The number of ether oxygens (including phenoxy) is 1. The molecule has 19 heavy (non-hydrogen) atoms.